The number of benzene rings is 1. The summed E-state index contributed by atoms with van der Waals surface area (Å²) in [4.78, 5) is 16.7. The van der Waals surface area contributed by atoms with E-state index in [0.717, 1.165) is 11.6 Å². The van der Waals surface area contributed by atoms with Crippen LogP contribution in [0.25, 0.3) is 16.8 Å². The molecular weight excluding hydrogens is 363 g/mol. The molecule has 1 aromatic carbocycles. The lowest BCUT2D eigenvalue weighted by Gasteiger charge is -2.07. The van der Waals surface area contributed by atoms with E-state index in [9.17, 15) is 18.0 Å². The molecule has 0 radical (unpaired) electrons. The molecule has 27 heavy (non-hydrogen) atoms. The number of H-pyrrole nitrogens is 1. The van der Waals surface area contributed by atoms with E-state index in [1.54, 1.807) is 31.4 Å². The number of aromatic amines is 1. The molecule has 0 saturated heterocycles. The molecule has 0 aliphatic carbocycles. The predicted molar refractivity (Wildman–Crippen MR) is 92.9 cm³/mol. The van der Waals surface area contributed by atoms with Crippen LogP contribution in [-0.2, 0) is 17.8 Å². The van der Waals surface area contributed by atoms with Gasteiger partial charge in [0.1, 0.15) is 5.75 Å². The number of nitrogens with one attached hydrogen (secondary N) is 1. The number of aryl methyl sites for hydroxylation is 1. The summed E-state index contributed by atoms with van der Waals surface area (Å²) >= 11 is 0. The van der Waals surface area contributed by atoms with Crippen molar-refractivity contribution in [2.24, 2.45) is 0 Å². The number of alkyl halides is 3. The van der Waals surface area contributed by atoms with Gasteiger partial charge in [0.25, 0.3) is 5.56 Å². The van der Waals surface area contributed by atoms with Crippen molar-refractivity contribution in [1.82, 2.24) is 14.6 Å². The zero-order valence-electron chi connectivity index (χ0n) is 14.8. The van der Waals surface area contributed by atoms with Gasteiger partial charge in [-0.1, -0.05) is 12.1 Å². The van der Waals surface area contributed by atoms with Crippen molar-refractivity contribution >= 4 is 5.65 Å². The number of halogens is 3. The Bertz CT molecular complexity index is 991. The lowest BCUT2D eigenvalue weighted by Crippen LogP contribution is -2.17. The van der Waals surface area contributed by atoms with Crippen LogP contribution in [0, 0.1) is 0 Å². The Kier molecular flexibility index (Phi) is 5.22. The molecule has 0 saturated carbocycles. The number of ether oxygens (including phenoxy) is 2. The van der Waals surface area contributed by atoms with Crippen molar-refractivity contribution in [3.8, 4) is 16.9 Å². The average molecular weight is 381 g/mol. The molecule has 6 nitrogen and oxygen atoms in total. The fourth-order valence-electron chi connectivity index (χ4n) is 2.84. The summed E-state index contributed by atoms with van der Waals surface area (Å²) in [5.74, 6) is 0.655. The monoisotopic (exact) mass is 381 g/mol. The highest BCUT2D eigenvalue weighted by molar-refractivity contribution is 5.80. The van der Waals surface area contributed by atoms with Crippen LogP contribution in [0.15, 0.2) is 35.1 Å². The van der Waals surface area contributed by atoms with Crippen molar-refractivity contribution in [3.63, 3.8) is 0 Å². The Morgan fingerprint density at radius 3 is 2.48 bits per heavy atom. The second-order valence-electron chi connectivity index (χ2n) is 5.99. The second-order valence-corrected chi connectivity index (χ2v) is 5.99. The third-order valence-electron chi connectivity index (χ3n) is 4.08. The van der Waals surface area contributed by atoms with E-state index < -0.39 is 18.2 Å². The van der Waals surface area contributed by atoms with Crippen LogP contribution >= 0.6 is 0 Å². The standard InChI is InChI=1S/C18H18F3N3O3/c1-26-10-14-16(11-3-5-13(27-2)6-4-11)17-22-12(7-8-18(19,20)21)9-15(25)24(17)23-14/h3-6,9,23H,7-8,10H2,1-2H3. The summed E-state index contributed by atoms with van der Waals surface area (Å²) in [5, 5.41) is 2.92. The summed E-state index contributed by atoms with van der Waals surface area (Å²) in [6, 6.07) is 8.19. The Labute approximate surface area is 152 Å². The van der Waals surface area contributed by atoms with Crippen molar-refractivity contribution in [1.29, 1.82) is 0 Å². The number of methoxy groups -OCH3 is 2. The van der Waals surface area contributed by atoms with Crippen LogP contribution in [0.2, 0.25) is 0 Å². The maximum absolute atomic E-state index is 12.5. The quantitative estimate of drug-likeness (QED) is 0.711. The van der Waals surface area contributed by atoms with Crippen molar-refractivity contribution in [2.75, 3.05) is 14.2 Å². The van der Waals surface area contributed by atoms with Gasteiger partial charge in [-0.2, -0.15) is 13.2 Å². The first-order valence-corrected chi connectivity index (χ1v) is 8.16. The number of aromatic nitrogens is 3. The molecule has 0 spiro atoms. The summed E-state index contributed by atoms with van der Waals surface area (Å²) in [6.45, 7) is 0.183. The first-order valence-electron chi connectivity index (χ1n) is 8.16. The molecule has 3 rings (SSSR count). The van der Waals surface area contributed by atoms with Crippen molar-refractivity contribution in [3.05, 3.63) is 52.1 Å². The number of nitrogens with zero attached hydrogens (tertiary/aromatic N) is 2. The lowest BCUT2D eigenvalue weighted by atomic mass is 10.1. The van der Waals surface area contributed by atoms with E-state index in [1.165, 1.54) is 11.6 Å². The van der Waals surface area contributed by atoms with Gasteiger partial charge in [-0.25, -0.2) is 9.50 Å². The first-order chi connectivity index (χ1) is 12.8. The van der Waals surface area contributed by atoms with E-state index in [-0.39, 0.29) is 24.4 Å². The molecule has 2 aromatic heterocycles. The Hall–Kier alpha value is -2.81. The largest absolute Gasteiger partial charge is 0.497 e. The Balaban J connectivity index is 2.14. The summed E-state index contributed by atoms with van der Waals surface area (Å²) in [7, 11) is 3.05. The van der Waals surface area contributed by atoms with E-state index in [1.807, 2.05) is 0 Å². The minimum absolute atomic E-state index is 0.0926. The SMILES string of the molecule is COCc1[nH]n2c(=O)cc(CCC(F)(F)F)nc2c1-c1ccc(OC)cc1. The predicted octanol–water partition coefficient (Wildman–Crippen LogP) is 3.34. The van der Waals surface area contributed by atoms with Crippen molar-refractivity contribution in [2.45, 2.75) is 25.6 Å². The van der Waals surface area contributed by atoms with Gasteiger partial charge in [-0.05, 0) is 24.1 Å². The molecule has 3 aromatic rings. The third-order valence-corrected chi connectivity index (χ3v) is 4.08. The molecule has 0 unspecified atom stereocenters. The summed E-state index contributed by atoms with van der Waals surface area (Å²) in [6.07, 6.45) is -5.71. The average Bonchev–Trinajstić information content (AvgIpc) is 2.98. The highest BCUT2D eigenvalue weighted by Crippen LogP contribution is 2.29. The molecular formula is C18H18F3N3O3. The van der Waals surface area contributed by atoms with Crippen LogP contribution in [0.5, 0.6) is 5.75 Å². The molecule has 0 amide bonds. The summed E-state index contributed by atoms with van der Waals surface area (Å²) < 4.78 is 49.1. The van der Waals surface area contributed by atoms with Gasteiger partial charge in [0.2, 0.25) is 0 Å². The van der Waals surface area contributed by atoms with E-state index in [4.69, 9.17) is 9.47 Å². The third kappa shape index (κ3) is 4.13. The van der Waals surface area contributed by atoms with E-state index >= 15 is 0 Å². The molecule has 0 bridgehead atoms. The molecule has 2 heterocycles. The van der Waals surface area contributed by atoms with Gasteiger partial charge >= 0.3 is 6.18 Å². The molecule has 0 atom stereocenters. The molecule has 1 N–H and O–H groups in total. The topological polar surface area (TPSA) is 68.6 Å². The number of rotatable bonds is 6. The fourth-order valence-corrected chi connectivity index (χ4v) is 2.84. The first kappa shape index (κ1) is 19.0. The molecule has 144 valence electrons. The van der Waals surface area contributed by atoms with Crippen LogP contribution in [0.1, 0.15) is 17.8 Å². The minimum atomic E-state index is -4.31. The maximum atomic E-state index is 12.5. The maximum Gasteiger partial charge on any atom is 0.389 e. The van der Waals surface area contributed by atoms with Gasteiger partial charge in [-0.3, -0.25) is 9.89 Å². The van der Waals surface area contributed by atoms with Gasteiger partial charge in [0.15, 0.2) is 5.65 Å². The van der Waals surface area contributed by atoms with E-state index in [0.29, 0.717) is 17.0 Å². The Morgan fingerprint density at radius 2 is 1.89 bits per heavy atom. The van der Waals surface area contributed by atoms with E-state index in [2.05, 4.69) is 10.1 Å². The minimum Gasteiger partial charge on any atom is -0.497 e. The van der Waals surface area contributed by atoms with Gasteiger partial charge < -0.3 is 9.47 Å². The Morgan fingerprint density at radius 1 is 1.19 bits per heavy atom. The fraction of sp³-hybridized carbons (Fsp3) is 0.333. The van der Waals surface area contributed by atoms with Gasteiger partial charge in [-0.15, -0.1) is 0 Å². The lowest BCUT2D eigenvalue weighted by molar-refractivity contribution is -0.134. The number of fused-ring (bicyclic) bond motifs is 1. The van der Waals surface area contributed by atoms with Gasteiger partial charge in [0.05, 0.1) is 19.4 Å². The molecule has 0 aliphatic heterocycles. The highest BCUT2D eigenvalue weighted by atomic mass is 19.4. The van der Waals surface area contributed by atoms with Crippen molar-refractivity contribution < 1.29 is 22.6 Å². The van der Waals surface area contributed by atoms with Crippen LogP contribution in [0.4, 0.5) is 13.2 Å². The summed E-state index contributed by atoms with van der Waals surface area (Å²) in [5.41, 5.74) is 1.81. The zero-order valence-corrected chi connectivity index (χ0v) is 14.8. The highest BCUT2D eigenvalue weighted by Gasteiger charge is 2.27. The van der Waals surface area contributed by atoms with Crippen LogP contribution in [-0.4, -0.2) is 35.0 Å². The van der Waals surface area contributed by atoms with Crippen LogP contribution in [0.3, 0.4) is 0 Å². The number of hydrogen-bond acceptors (Lipinski definition) is 4. The zero-order chi connectivity index (χ0) is 19.6. The van der Waals surface area contributed by atoms with Crippen LogP contribution < -0.4 is 10.3 Å². The second kappa shape index (κ2) is 7.43. The van der Waals surface area contributed by atoms with Gasteiger partial charge in [0, 0.05) is 30.9 Å². The molecule has 0 aliphatic rings. The molecule has 0 fully saturated rings. The molecule has 9 heteroatoms. The smallest absolute Gasteiger partial charge is 0.389 e. The number of hydrogen-bond donors (Lipinski definition) is 1. The normalized spacial score (nSPS) is 11.9.